The summed E-state index contributed by atoms with van der Waals surface area (Å²) in [4.78, 5) is 39.4. The van der Waals surface area contributed by atoms with Crippen molar-refractivity contribution >= 4 is 34.2 Å². The van der Waals surface area contributed by atoms with E-state index in [2.05, 4.69) is 10.4 Å². The fourth-order valence-electron chi connectivity index (χ4n) is 3.62. The molecule has 33 heavy (non-hydrogen) atoms. The molecule has 9 heteroatoms. The molecule has 4 aromatic rings. The number of nitrogens with zero attached hydrogens (tertiary/aromatic N) is 4. The Morgan fingerprint density at radius 1 is 1.06 bits per heavy atom. The van der Waals surface area contributed by atoms with Gasteiger partial charge in [0.2, 0.25) is 5.91 Å². The van der Waals surface area contributed by atoms with Gasteiger partial charge in [-0.25, -0.2) is 4.79 Å². The minimum Gasteiger partial charge on any atom is -0.324 e. The van der Waals surface area contributed by atoms with Crippen molar-refractivity contribution in [1.82, 2.24) is 18.9 Å². The lowest BCUT2D eigenvalue weighted by atomic mass is 10.1. The summed E-state index contributed by atoms with van der Waals surface area (Å²) in [6.45, 7) is 6.03. The monoisotopic (exact) mass is 465 g/mol. The van der Waals surface area contributed by atoms with Crippen LogP contribution in [0.4, 0.5) is 5.69 Å². The van der Waals surface area contributed by atoms with Gasteiger partial charge in [-0.1, -0.05) is 47.5 Å². The number of hydrogen-bond acceptors (Lipinski definition) is 4. The Labute approximate surface area is 195 Å². The zero-order chi connectivity index (χ0) is 23.7. The molecular formula is C24H24ClN5O3. The molecule has 2 heterocycles. The van der Waals surface area contributed by atoms with Gasteiger partial charge in [0.25, 0.3) is 5.56 Å². The standard InChI is InChI=1S/C24H24ClN5O3/c1-4-28-13-20-22(27-28)23(32)30(12-17-8-5-15(2)6-9-17)24(33)29(20)14-21(31)26-19-11-18(25)10-7-16(19)3/h5-11,13H,4,12,14H2,1-3H3,(H,26,31). The van der Waals surface area contributed by atoms with E-state index in [9.17, 15) is 14.4 Å². The smallest absolute Gasteiger partial charge is 0.324 e. The van der Waals surface area contributed by atoms with Crippen molar-refractivity contribution in [2.45, 2.75) is 40.4 Å². The van der Waals surface area contributed by atoms with E-state index in [1.165, 1.54) is 4.57 Å². The van der Waals surface area contributed by atoms with E-state index in [0.717, 1.165) is 21.3 Å². The van der Waals surface area contributed by atoms with Gasteiger partial charge in [0, 0.05) is 23.5 Å². The Morgan fingerprint density at radius 3 is 2.48 bits per heavy atom. The van der Waals surface area contributed by atoms with Crippen LogP contribution in [0, 0.1) is 13.8 Å². The predicted molar refractivity (Wildman–Crippen MR) is 129 cm³/mol. The van der Waals surface area contributed by atoms with Crippen LogP contribution in [0.2, 0.25) is 5.02 Å². The van der Waals surface area contributed by atoms with E-state index in [1.54, 1.807) is 29.1 Å². The molecule has 0 saturated carbocycles. The third kappa shape index (κ3) is 4.61. The molecule has 0 spiro atoms. The second-order valence-electron chi connectivity index (χ2n) is 7.97. The van der Waals surface area contributed by atoms with Gasteiger partial charge in [0.05, 0.1) is 12.1 Å². The number of nitrogens with one attached hydrogen (secondary N) is 1. The maximum absolute atomic E-state index is 13.4. The molecule has 0 aliphatic carbocycles. The molecule has 0 aliphatic heterocycles. The van der Waals surface area contributed by atoms with E-state index in [1.807, 2.05) is 45.0 Å². The SMILES string of the molecule is CCn1cc2c(n1)c(=O)n(Cc1ccc(C)cc1)c(=O)n2CC(=O)Nc1cc(Cl)ccc1C. The summed E-state index contributed by atoms with van der Waals surface area (Å²) < 4.78 is 3.99. The van der Waals surface area contributed by atoms with E-state index < -0.39 is 17.2 Å². The van der Waals surface area contributed by atoms with Gasteiger partial charge >= 0.3 is 5.69 Å². The zero-order valence-electron chi connectivity index (χ0n) is 18.6. The van der Waals surface area contributed by atoms with Crippen molar-refractivity contribution in [3.63, 3.8) is 0 Å². The number of rotatable bonds is 6. The molecule has 0 saturated heterocycles. The van der Waals surface area contributed by atoms with Gasteiger partial charge in [0.1, 0.15) is 6.54 Å². The fourth-order valence-corrected chi connectivity index (χ4v) is 3.79. The van der Waals surface area contributed by atoms with Gasteiger partial charge < -0.3 is 5.32 Å². The lowest BCUT2D eigenvalue weighted by Gasteiger charge is -2.13. The molecular weight excluding hydrogens is 442 g/mol. The summed E-state index contributed by atoms with van der Waals surface area (Å²) in [5.41, 5.74) is 2.71. The second-order valence-corrected chi connectivity index (χ2v) is 8.41. The molecule has 0 radical (unpaired) electrons. The largest absolute Gasteiger partial charge is 0.332 e. The molecule has 2 aromatic carbocycles. The number of aromatic nitrogens is 4. The van der Waals surface area contributed by atoms with Crippen LogP contribution in [0.3, 0.4) is 0 Å². The summed E-state index contributed by atoms with van der Waals surface area (Å²) in [6.07, 6.45) is 1.62. The Balaban J connectivity index is 1.77. The highest BCUT2D eigenvalue weighted by Gasteiger charge is 2.19. The summed E-state index contributed by atoms with van der Waals surface area (Å²) in [5.74, 6) is -0.409. The van der Waals surface area contributed by atoms with Crippen LogP contribution in [0.15, 0.2) is 58.3 Å². The molecule has 1 amide bonds. The molecule has 2 aromatic heterocycles. The van der Waals surface area contributed by atoms with Crippen molar-refractivity contribution in [2.24, 2.45) is 0 Å². The molecule has 8 nitrogen and oxygen atoms in total. The lowest BCUT2D eigenvalue weighted by Crippen LogP contribution is -2.41. The number of aryl methyl sites for hydroxylation is 3. The average Bonchev–Trinajstić information content (AvgIpc) is 3.23. The van der Waals surface area contributed by atoms with Crippen LogP contribution < -0.4 is 16.6 Å². The highest BCUT2D eigenvalue weighted by atomic mass is 35.5. The van der Waals surface area contributed by atoms with Crippen LogP contribution >= 0.6 is 11.6 Å². The summed E-state index contributed by atoms with van der Waals surface area (Å²) in [6, 6.07) is 12.8. The fraction of sp³-hybridized carbons (Fsp3) is 0.250. The topological polar surface area (TPSA) is 90.9 Å². The average molecular weight is 466 g/mol. The molecule has 1 N–H and O–H groups in total. The van der Waals surface area contributed by atoms with Gasteiger partial charge in [-0.05, 0) is 44.0 Å². The second kappa shape index (κ2) is 9.07. The summed E-state index contributed by atoms with van der Waals surface area (Å²) >= 11 is 6.05. The van der Waals surface area contributed by atoms with Crippen molar-refractivity contribution < 1.29 is 4.79 Å². The number of carbonyl (C=O) groups is 1. The number of fused-ring (bicyclic) bond motifs is 1. The zero-order valence-corrected chi connectivity index (χ0v) is 19.4. The van der Waals surface area contributed by atoms with Gasteiger partial charge in [-0.15, -0.1) is 0 Å². The van der Waals surface area contributed by atoms with Crippen LogP contribution in [0.5, 0.6) is 0 Å². The third-order valence-electron chi connectivity index (χ3n) is 5.50. The van der Waals surface area contributed by atoms with E-state index >= 15 is 0 Å². The molecule has 0 aliphatic rings. The molecule has 0 fully saturated rings. The van der Waals surface area contributed by atoms with Crippen molar-refractivity contribution in [3.05, 3.63) is 91.2 Å². The lowest BCUT2D eigenvalue weighted by molar-refractivity contribution is -0.116. The minimum absolute atomic E-state index is 0.0852. The first-order chi connectivity index (χ1) is 15.8. The Kier molecular flexibility index (Phi) is 6.20. The first-order valence-electron chi connectivity index (χ1n) is 10.6. The van der Waals surface area contributed by atoms with Gasteiger partial charge in [-0.3, -0.25) is 23.4 Å². The molecule has 170 valence electrons. The van der Waals surface area contributed by atoms with Crippen molar-refractivity contribution in [2.75, 3.05) is 5.32 Å². The first kappa shape index (κ1) is 22.5. The Bertz CT molecular complexity index is 1460. The van der Waals surface area contributed by atoms with Gasteiger partial charge in [-0.2, -0.15) is 5.10 Å². The number of anilines is 1. The van der Waals surface area contributed by atoms with Crippen LogP contribution in [0.25, 0.3) is 11.0 Å². The normalized spacial score (nSPS) is 11.2. The van der Waals surface area contributed by atoms with Crippen LogP contribution in [-0.2, 0) is 24.4 Å². The minimum atomic E-state index is -0.568. The quantitative estimate of drug-likeness (QED) is 0.473. The number of benzene rings is 2. The van der Waals surface area contributed by atoms with Crippen LogP contribution in [-0.4, -0.2) is 24.8 Å². The maximum Gasteiger partial charge on any atom is 0.332 e. The summed E-state index contributed by atoms with van der Waals surface area (Å²) in [7, 11) is 0. The number of halogens is 1. The number of amides is 1. The van der Waals surface area contributed by atoms with Crippen molar-refractivity contribution in [3.8, 4) is 0 Å². The molecule has 0 atom stereocenters. The Morgan fingerprint density at radius 2 is 1.79 bits per heavy atom. The van der Waals surface area contributed by atoms with Gasteiger partial charge in [0.15, 0.2) is 5.52 Å². The number of carbonyl (C=O) groups excluding carboxylic acids is 1. The van der Waals surface area contributed by atoms with E-state index in [-0.39, 0.29) is 18.6 Å². The van der Waals surface area contributed by atoms with E-state index in [4.69, 9.17) is 11.6 Å². The third-order valence-corrected chi connectivity index (χ3v) is 5.74. The summed E-state index contributed by atoms with van der Waals surface area (Å²) in [5, 5.41) is 7.64. The van der Waals surface area contributed by atoms with Crippen molar-refractivity contribution in [1.29, 1.82) is 0 Å². The molecule has 0 bridgehead atoms. The van der Waals surface area contributed by atoms with Crippen LogP contribution in [0.1, 0.15) is 23.6 Å². The highest BCUT2D eigenvalue weighted by molar-refractivity contribution is 6.31. The maximum atomic E-state index is 13.4. The molecule has 4 rings (SSSR count). The first-order valence-corrected chi connectivity index (χ1v) is 11.0. The predicted octanol–water partition coefficient (Wildman–Crippen LogP) is 3.34. The highest BCUT2D eigenvalue weighted by Crippen LogP contribution is 2.20. The molecule has 0 unspecified atom stereocenters. The van der Waals surface area contributed by atoms with E-state index in [0.29, 0.717) is 22.8 Å². The number of hydrogen-bond donors (Lipinski definition) is 1. The Hall–Kier alpha value is -3.65.